The van der Waals surface area contributed by atoms with Gasteiger partial charge in [0.25, 0.3) is 0 Å². The number of fused-ring (bicyclic) bond motifs is 3. The number of benzene rings is 2. The first-order valence-electron chi connectivity index (χ1n) is 6.68. The Labute approximate surface area is 109 Å². The van der Waals surface area contributed by atoms with Crippen LogP contribution in [-0.2, 0) is 6.42 Å². The smallest absolute Gasteiger partial charge is 0.0225 e. The molecule has 2 N–H and O–H groups in total. The largest absolute Gasteiger partial charge is 0.330 e. The second kappa shape index (κ2) is 4.25. The Kier molecular flexibility index (Phi) is 2.71. The number of hydrogen-bond acceptors (Lipinski definition) is 1. The topological polar surface area (TPSA) is 26.0 Å². The summed E-state index contributed by atoms with van der Waals surface area (Å²) in [5.41, 5.74) is 14.3. The van der Waals surface area contributed by atoms with Gasteiger partial charge in [0.2, 0.25) is 0 Å². The van der Waals surface area contributed by atoms with Crippen molar-refractivity contribution in [3.63, 3.8) is 0 Å². The molecule has 1 nitrogen and oxygen atoms in total. The van der Waals surface area contributed by atoms with Crippen LogP contribution in [0.2, 0.25) is 0 Å². The van der Waals surface area contributed by atoms with Crippen LogP contribution in [0.3, 0.4) is 0 Å². The van der Waals surface area contributed by atoms with E-state index in [9.17, 15) is 0 Å². The SMILES string of the molecule is CCc1ccc2c(c1)C(CN)c1cc(C)ccc1-2. The molecule has 0 fully saturated rings. The minimum Gasteiger partial charge on any atom is -0.330 e. The highest BCUT2D eigenvalue weighted by atomic mass is 14.6. The molecule has 3 rings (SSSR count). The fraction of sp³-hybridized carbons (Fsp3) is 0.294. The van der Waals surface area contributed by atoms with Crippen molar-refractivity contribution in [2.24, 2.45) is 5.73 Å². The fourth-order valence-electron chi connectivity index (χ4n) is 3.00. The van der Waals surface area contributed by atoms with Crippen LogP contribution >= 0.6 is 0 Å². The molecule has 0 saturated heterocycles. The van der Waals surface area contributed by atoms with E-state index in [1.54, 1.807) is 0 Å². The third kappa shape index (κ3) is 1.58. The highest BCUT2D eigenvalue weighted by Crippen LogP contribution is 2.44. The van der Waals surface area contributed by atoms with Gasteiger partial charge < -0.3 is 5.73 Å². The number of nitrogens with two attached hydrogens (primary N) is 1. The van der Waals surface area contributed by atoms with E-state index in [0.717, 1.165) is 6.42 Å². The Balaban J connectivity index is 2.23. The molecule has 0 amide bonds. The van der Waals surface area contributed by atoms with E-state index in [0.29, 0.717) is 12.5 Å². The van der Waals surface area contributed by atoms with Crippen molar-refractivity contribution in [2.75, 3.05) is 6.54 Å². The second-order valence-electron chi connectivity index (χ2n) is 5.15. The molecular formula is C17H19N. The fourth-order valence-corrected chi connectivity index (χ4v) is 3.00. The third-order valence-corrected chi connectivity index (χ3v) is 4.01. The lowest BCUT2D eigenvalue weighted by Gasteiger charge is -2.11. The molecule has 1 aliphatic carbocycles. The Morgan fingerprint density at radius 1 is 1.00 bits per heavy atom. The van der Waals surface area contributed by atoms with Gasteiger partial charge in [-0.05, 0) is 41.2 Å². The molecule has 2 aromatic carbocycles. The summed E-state index contributed by atoms with van der Waals surface area (Å²) in [6.07, 6.45) is 1.08. The summed E-state index contributed by atoms with van der Waals surface area (Å²) in [6.45, 7) is 5.04. The Morgan fingerprint density at radius 3 is 2.33 bits per heavy atom. The zero-order chi connectivity index (χ0) is 12.7. The first-order chi connectivity index (χ1) is 8.74. The van der Waals surface area contributed by atoms with Gasteiger partial charge >= 0.3 is 0 Å². The van der Waals surface area contributed by atoms with Gasteiger partial charge in [-0.1, -0.05) is 48.9 Å². The molecule has 1 heteroatoms. The average molecular weight is 237 g/mol. The van der Waals surface area contributed by atoms with Gasteiger partial charge in [0.05, 0.1) is 0 Å². The standard InChI is InChI=1S/C17H19N/c1-3-12-5-7-14-13-6-4-11(2)8-15(13)17(10-18)16(14)9-12/h4-9,17H,3,10,18H2,1-2H3. The highest BCUT2D eigenvalue weighted by molar-refractivity contribution is 5.79. The monoisotopic (exact) mass is 237 g/mol. The highest BCUT2D eigenvalue weighted by Gasteiger charge is 2.27. The zero-order valence-electron chi connectivity index (χ0n) is 11.0. The molecule has 0 saturated carbocycles. The van der Waals surface area contributed by atoms with Gasteiger partial charge in [0, 0.05) is 12.5 Å². The summed E-state index contributed by atoms with van der Waals surface area (Å²) in [5, 5.41) is 0. The molecule has 1 atom stereocenters. The number of hydrogen-bond donors (Lipinski definition) is 1. The van der Waals surface area contributed by atoms with Crippen LogP contribution in [0, 0.1) is 6.92 Å². The van der Waals surface area contributed by atoms with Gasteiger partial charge in [-0.3, -0.25) is 0 Å². The van der Waals surface area contributed by atoms with Crippen LogP contribution in [0.5, 0.6) is 0 Å². The molecule has 0 aliphatic heterocycles. The van der Waals surface area contributed by atoms with Gasteiger partial charge in [0.1, 0.15) is 0 Å². The molecule has 0 bridgehead atoms. The minimum atomic E-state index is 0.376. The van der Waals surface area contributed by atoms with Crippen molar-refractivity contribution in [2.45, 2.75) is 26.2 Å². The molecule has 0 heterocycles. The van der Waals surface area contributed by atoms with Crippen molar-refractivity contribution >= 4 is 0 Å². The van der Waals surface area contributed by atoms with Crippen LogP contribution in [0.1, 0.15) is 35.1 Å². The first-order valence-corrected chi connectivity index (χ1v) is 6.68. The maximum atomic E-state index is 6.01. The molecule has 18 heavy (non-hydrogen) atoms. The third-order valence-electron chi connectivity index (χ3n) is 4.01. The molecule has 1 aliphatic rings. The lowest BCUT2D eigenvalue weighted by molar-refractivity contribution is 0.837. The van der Waals surface area contributed by atoms with Crippen LogP contribution in [-0.4, -0.2) is 6.54 Å². The second-order valence-corrected chi connectivity index (χ2v) is 5.15. The molecule has 92 valence electrons. The maximum Gasteiger partial charge on any atom is 0.0225 e. The van der Waals surface area contributed by atoms with Gasteiger partial charge in [-0.25, -0.2) is 0 Å². The van der Waals surface area contributed by atoms with Gasteiger partial charge in [-0.2, -0.15) is 0 Å². The summed E-state index contributed by atoms with van der Waals surface area (Å²) in [4.78, 5) is 0. The number of rotatable bonds is 2. The molecular weight excluding hydrogens is 218 g/mol. The quantitative estimate of drug-likeness (QED) is 0.848. The molecule has 0 spiro atoms. The van der Waals surface area contributed by atoms with E-state index < -0.39 is 0 Å². The molecule has 0 aromatic heterocycles. The first kappa shape index (κ1) is 11.5. The normalized spacial score (nSPS) is 16.5. The lowest BCUT2D eigenvalue weighted by Crippen LogP contribution is -2.11. The van der Waals surface area contributed by atoms with E-state index in [2.05, 4.69) is 50.2 Å². The summed E-state index contributed by atoms with van der Waals surface area (Å²) in [7, 11) is 0. The molecule has 2 aromatic rings. The maximum absolute atomic E-state index is 6.01. The lowest BCUT2D eigenvalue weighted by atomic mass is 9.95. The van der Waals surface area contributed by atoms with Crippen molar-refractivity contribution < 1.29 is 0 Å². The number of aryl methyl sites for hydroxylation is 2. The Morgan fingerprint density at radius 2 is 1.67 bits per heavy atom. The Hall–Kier alpha value is -1.60. The van der Waals surface area contributed by atoms with Crippen molar-refractivity contribution in [3.05, 3.63) is 58.7 Å². The van der Waals surface area contributed by atoms with E-state index >= 15 is 0 Å². The summed E-state index contributed by atoms with van der Waals surface area (Å²) < 4.78 is 0. The summed E-state index contributed by atoms with van der Waals surface area (Å²) >= 11 is 0. The van der Waals surface area contributed by atoms with Crippen LogP contribution in [0.15, 0.2) is 36.4 Å². The van der Waals surface area contributed by atoms with Crippen LogP contribution < -0.4 is 5.73 Å². The van der Waals surface area contributed by atoms with Gasteiger partial charge in [-0.15, -0.1) is 0 Å². The Bertz CT molecular complexity index is 599. The van der Waals surface area contributed by atoms with Crippen molar-refractivity contribution in [1.82, 2.24) is 0 Å². The summed E-state index contributed by atoms with van der Waals surface area (Å²) in [6, 6.07) is 13.6. The van der Waals surface area contributed by atoms with Crippen LogP contribution in [0.4, 0.5) is 0 Å². The zero-order valence-corrected chi connectivity index (χ0v) is 11.0. The molecule has 1 unspecified atom stereocenters. The van der Waals surface area contributed by atoms with Crippen molar-refractivity contribution in [1.29, 1.82) is 0 Å². The van der Waals surface area contributed by atoms with E-state index in [4.69, 9.17) is 5.73 Å². The average Bonchev–Trinajstić information content (AvgIpc) is 2.70. The predicted octanol–water partition coefficient (Wildman–Crippen LogP) is 3.63. The summed E-state index contributed by atoms with van der Waals surface area (Å²) in [5.74, 6) is 0.376. The predicted molar refractivity (Wildman–Crippen MR) is 76.9 cm³/mol. The van der Waals surface area contributed by atoms with Crippen molar-refractivity contribution in [3.8, 4) is 11.1 Å². The van der Waals surface area contributed by atoms with E-state index in [1.807, 2.05) is 0 Å². The van der Waals surface area contributed by atoms with E-state index in [1.165, 1.54) is 33.4 Å². The van der Waals surface area contributed by atoms with Gasteiger partial charge in [0.15, 0.2) is 0 Å². The molecule has 0 radical (unpaired) electrons. The van der Waals surface area contributed by atoms with Crippen LogP contribution in [0.25, 0.3) is 11.1 Å². The van der Waals surface area contributed by atoms with E-state index in [-0.39, 0.29) is 0 Å². The minimum absolute atomic E-state index is 0.376.